The lowest BCUT2D eigenvalue weighted by Gasteiger charge is -2.65. The zero-order valence-electron chi connectivity index (χ0n) is 19.6. The van der Waals surface area contributed by atoms with Crippen molar-refractivity contribution in [3.63, 3.8) is 0 Å². The first kappa shape index (κ1) is 23.2. The molecule has 0 aliphatic carbocycles. The number of piperidine rings is 3. The molecule has 36 heavy (non-hydrogen) atoms. The van der Waals surface area contributed by atoms with Gasteiger partial charge in [-0.15, -0.1) is 0 Å². The number of hydrogen-bond donors (Lipinski definition) is 0. The molecule has 0 saturated carbocycles. The molecule has 2 bridgehead atoms. The van der Waals surface area contributed by atoms with Crippen LogP contribution >= 0.6 is 11.6 Å². The maximum atomic E-state index is 13.0. The highest BCUT2D eigenvalue weighted by Gasteiger charge is 2.76. The summed E-state index contributed by atoms with van der Waals surface area (Å²) in [5, 5.41) is 0.590. The van der Waals surface area contributed by atoms with Crippen molar-refractivity contribution < 1.29 is 23.8 Å². The first-order valence-corrected chi connectivity index (χ1v) is 12.6. The first-order chi connectivity index (χ1) is 17.5. The molecule has 0 amide bonds. The molecule has 4 heterocycles. The first-order valence-electron chi connectivity index (χ1n) is 12.2. The monoisotopic (exact) mass is 503 g/mol. The van der Waals surface area contributed by atoms with Gasteiger partial charge in [-0.2, -0.15) is 0 Å². The maximum absolute atomic E-state index is 13.0. The van der Waals surface area contributed by atoms with Crippen LogP contribution in [0.25, 0.3) is 0 Å². The Morgan fingerprint density at radius 3 is 2.08 bits per heavy atom. The molecule has 3 aromatic rings. The van der Waals surface area contributed by atoms with Gasteiger partial charge in [-0.3, -0.25) is 4.90 Å². The normalized spacial score (nSPS) is 28.9. The predicted molar refractivity (Wildman–Crippen MR) is 133 cm³/mol. The van der Waals surface area contributed by atoms with Crippen LogP contribution in [0.15, 0.2) is 84.9 Å². The van der Waals surface area contributed by atoms with E-state index in [4.69, 9.17) is 25.8 Å². The highest BCUT2D eigenvalue weighted by atomic mass is 35.5. The third-order valence-electron chi connectivity index (χ3n) is 7.66. The minimum Gasteiger partial charge on any atom is -0.427 e. The van der Waals surface area contributed by atoms with Crippen molar-refractivity contribution in [2.45, 2.75) is 36.9 Å². The van der Waals surface area contributed by atoms with E-state index in [1.54, 1.807) is 6.07 Å². The number of fused-ring (bicyclic) bond motifs is 2. The Morgan fingerprint density at radius 1 is 0.861 bits per heavy atom. The molecule has 6 nitrogen and oxygen atoms in total. The van der Waals surface area contributed by atoms with Crippen LogP contribution in [0.1, 0.15) is 35.4 Å². The van der Waals surface area contributed by atoms with Crippen LogP contribution in [0, 0.1) is 5.92 Å². The molecule has 7 rings (SSSR count). The van der Waals surface area contributed by atoms with Crippen LogP contribution in [0.3, 0.4) is 0 Å². The van der Waals surface area contributed by atoms with Gasteiger partial charge >= 0.3 is 11.9 Å². The van der Waals surface area contributed by atoms with Gasteiger partial charge in [-0.05, 0) is 41.7 Å². The minimum atomic E-state index is -1.49. The summed E-state index contributed by atoms with van der Waals surface area (Å²) in [7, 11) is 0. The Balaban J connectivity index is 1.56. The van der Waals surface area contributed by atoms with Crippen molar-refractivity contribution in [1.82, 2.24) is 4.90 Å². The quantitative estimate of drug-likeness (QED) is 0.352. The summed E-state index contributed by atoms with van der Waals surface area (Å²) in [6.45, 7) is 1.55. The molecule has 4 aliphatic rings. The summed E-state index contributed by atoms with van der Waals surface area (Å²) in [5.41, 5.74) is 1.35. The molecular formula is C29H26ClNO5. The van der Waals surface area contributed by atoms with Crippen molar-refractivity contribution >= 4 is 23.5 Å². The summed E-state index contributed by atoms with van der Waals surface area (Å²) >= 11 is 6.23. The molecule has 0 spiro atoms. The standard InChI is InChI=1S/C29H26ClNO5/c30-24-13-7-8-20(18-24)19-34-29-23-14-16-31(17-15-23)28(29,35-26(32)27(33)36-29)25(21-9-3-1-4-10-21)22-11-5-2-6-12-22/h1-13,18,23,25H,14-17,19H2. The Kier molecular flexibility index (Phi) is 5.83. The van der Waals surface area contributed by atoms with Gasteiger partial charge in [-0.25, -0.2) is 9.59 Å². The Bertz CT molecular complexity index is 1240. The molecule has 2 atom stereocenters. The van der Waals surface area contributed by atoms with Gasteiger partial charge in [0.25, 0.3) is 5.79 Å². The molecule has 0 radical (unpaired) electrons. The second-order valence-electron chi connectivity index (χ2n) is 9.58. The summed E-state index contributed by atoms with van der Waals surface area (Å²) in [6.07, 6.45) is 1.52. The second-order valence-corrected chi connectivity index (χ2v) is 10.0. The molecule has 0 aromatic heterocycles. The van der Waals surface area contributed by atoms with Gasteiger partial charge in [0.2, 0.25) is 5.72 Å². The largest absolute Gasteiger partial charge is 0.427 e. The van der Waals surface area contributed by atoms with E-state index in [1.807, 2.05) is 78.9 Å². The number of rotatable bonds is 6. The topological polar surface area (TPSA) is 65.1 Å². The maximum Gasteiger partial charge on any atom is 0.420 e. The number of hydrogen-bond acceptors (Lipinski definition) is 6. The second kappa shape index (κ2) is 9.04. The lowest BCUT2D eigenvalue weighted by Crippen LogP contribution is -2.82. The fraction of sp³-hybridized carbons (Fsp3) is 0.310. The molecule has 4 aliphatic heterocycles. The number of nitrogens with zero attached hydrogens (tertiary/aromatic N) is 1. The van der Waals surface area contributed by atoms with Gasteiger partial charge in [0.1, 0.15) is 0 Å². The lowest BCUT2D eigenvalue weighted by atomic mass is 9.66. The van der Waals surface area contributed by atoms with E-state index < -0.39 is 29.4 Å². The Hall–Kier alpha value is -3.19. The molecule has 2 unspecified atom stereocenters. The summed E-state index contributed by atoms with van der Waals surface area (Å²) in [5.74, 6) is -4.12. The lowest BCUT2D eigenvalue weighted by molar-refractivity contribution is -0.417. The van der Waals surface area contributed by atoms with E-state index in [2.05, 4.69) is 4.90 Å². The molecule has 184 valence electrons. The van der Waals surface area contributed by atoms with E-state index in [0.29, 0.717) is 18.1 Å². The summed E-state index contributed by atoms with van der Waals surface area (Å²) < 4.78 is 19.0. The molecule has 0 N–H and O–H groups in total. The molecule has 4 fully saturated rings. The van der Waals surface area contributed by atoms with Crippen LogP contribution in [-0.4, -0.2) is 41.4 Å². The predicted octanol–water partition coefficient (Wildman–Crippen LogP) is 4.91. The highest BCUT2D eigenvalue weighted by Crippen LogP contribution is 2.59. The van der Waals surface area contributed by atoms with E-state index >= 15 is 0 Å². The smallest absolute Gasteiger partial charge is 0.420 e. The van der Waals surface area contributed by atoms with Crippen molar-refractivity contribution in [1.29, 1.82) is 0 Å². The number of ether oxygens (including phenoxy) is 3. The molecule has 3 aromatic carbocycles. The van der Waals surface area contributed by atoms with Crippen molar-refractivity contribution in [3.8, 4) is 0 Å². The zero-order valence-corrected chi connectivity index (χ0v) is 20.4. The van der Waals surface area contributed by atoms with E-state index in [9.17, 15) is 9.59 Å². The van der Waals surface area contributed by atoms with Gasteiger partial charge in [-0.1, -0.05) is 84.4 Å². The molecule has 7 heteroatoms. The van der Waals surface area contributed by atoms with Gasteiger partial charge in [0.15, 0.2) is 0 Å². The van der Waals surface area contributed by atoms with E-state index in [1.165, 1.54) is 0 Å². The van der Waals surface area contributed by atoms with Gasteiger partial charge in [0, 0.05) is 24.0 Å². The zero-order chi connectivity index (χ0) is 24.8. The summed E-state index contributed by atoms with van der Waals surface area (Å²) in [6, 6.07) is 27.2. The van der Waals surface area contributed by atoms with Crippen molar-refractivity contribution in [2.75, 3.05) is 13.1 Å². The Morgan fingerprint density at radius 2 is 1.47 bits per heavy atom. The Labute approximate surface area is 214 Å². The number of benzene rings is 3. The number of carbonyl (C=O) groups is 2. The molecule has 4 saturated heterocycles. The summed E-state index contributed by atoms with van der Waals surface area (Å²) in [4.78, 5) is 27.9. The van der Waals surface area contributed by atoms with E-state index in [0.717, 1.165) is 29.5 Å². The van der Waals surface area contributed by atoms with E-state index in [-0.39, 0.29) is 12.5 Å². The SMILES string of the molecule is O=C1OC2(OCc3cccc(Cl)c3)C3CCN(CC3)C2(C(c2ccccc2)c2ccccc2)OC1=O. The van der Waals surface area contributed by atoms with Crippen LogP contribution in [-0.2, 0) is 30.4 Å². The van der Waals surface area contributed by atoms with Gasteiger partial charge < -0.3 is 14.2 Å². The van der Waals surface area contributed by atoms with Crippen LogP contribution in [0.4, 0.5) is 0 Å². The average Bonchev–Trinajstić information content (AvgIpc) is 2.91. The van der Waals surface area contributed by atoms with Crippen molar-refractivity contribution in [2.24, 2.45) is 5.92 Å². The minimum absolute atomic E-state index is 0.145. The van der Waals surface area contributed by atoms with Crippen molar-refractivity contribution in [3.05, 3.63) is 107 Å². The third kappa shape index (κ3) is 3.55. The number of esters is 2. The van der Waals surface area contributed by atoms with Gasteiger partial charge in [0.05, 0.1) is 12.5 Å². The van der Waals surface area contributed by atoms with Crippen LogP contribution < -0.4 is 0 Å². The van der Waals surface area contributed by atoms with Crippen LogP contribution in [0.5, 0.6) is 0 Å². The molecular weight excluding hydrogens is 478 g/mol. The fourth-order valence-electron chi connectivity index (χ4n) is 6.21. The fourth-order valence-corrected chi connectivity index (χ4v) is 6.42. The third-order valence-corrected chi connectivity index (χ3v) is 7.90. The number of halogens is 1. The average molecular weight is 504 g/mol. The van der Waals surface area contributed by atoms with Crippen LogP contribution in [0.2, 0.25) is 5.02 Å². The highest BCUT2D eigenvalue weighted by molar-refractivity contribution is 6.30. The number of carbonyl (C=O) groups excluding carboxylic acids is 2.